The summed E-state index contributed by atoms with van der Waals surface area (Å²) in [5.41, 5.74) is 0.904. The number of benzene rings is 1. The van der Waals surface area contributed by atoms with Gasteiger partial charge in [-0.15, -0.1) is 0 Å². The topological polar surface area (TPSA) is 57.6 Å². The van der Waals surface area contributed by atoms with Gasteiger partial charge in [0.25, 0.3) is 0 Å². The lowest BCUT2D eigenvalue weighted by Gasteiger charge is -2.32. The van der Waals surface area contributed by atoms with Crippen molar-refractivity contribution in [3.63, 3.8) is 0 Å². The first kappa shape index (κ1) is 13.6. The molecule has 0 spiro atoms. The molecule has 2 rings (SSSR count). The molecule has 102 valence electrons. The van der Waals surface area contributed by atoms with E-state index >= 15 is 0 Å². The number of carbonyl (C=O) groups is 2. The average Bonchev–Trinajstić information content (AvgIpc) is 2.76. The third-order valence-corrected chi connectivity index (χ3v) is 3.89. The second kappa shape index (κ2) is 5.43. The maximum Gasteiger partial charge on any atom is 0.309 e. The zero-order valence-electron chi connectivity index (χ0n) is 11.2. The van der Waals surface area contributed by atoms with Crippen LogP contribution in [-0.2, 0) is 9.59 Å². The van der Waals surface area contributed by atoms with Gasteiger partial charge >= 0.3 is 5.97 Å². The van der Waals surface area contributed by atoms with Crippen LogP contribution in [0.1, 0.15) is 38.3 Å². The highest BCUT2D eigenvalue weighted by Gasteiger charge is 2.45. The molecule has 4 heteroatoms. The number of aliphatic carboxylic acids is 1. The summed E-state index contributed by atoms with van der Waals surface area (Å²) in [5, 5.41) is 9.36. The van der Waals surface area contributed by atoms with Crippen LogP contribution < -0.4 is 0 Å². The van der Waals surface area contributed by atoms with E-state index in [4.69, 9.17) is 0 Å². The Morgan fingerprint density at radius 3 is 2.58 bits per heavy atom. The Bertz CT molecular complexity index is 472. The smallest absolute Gasteiger partial charge is 0.309 e. The Hall–Kier alpha value is -1.84. The van der Waals surface area contributed by atoms with Crippen molar-refractivity contribution in [1.82, 2.24) is 4.90 Å². The van der Waals surface area contributed by atoms with E-state index in [2.05, 4.69) is 0 Å². The Morgan fingerprint density at radius 2 is 2.05 bits per heavy atom. The van der Waals surface area contributed by atoms with Crippen LogP contribution in [-0.4, -0.2) is 27.9 Å². The molecule has 1 aromatic rings. The van der Waals surface area contributed by atoms with Gasteiger partial charge in [0.1, 0.15) is 0 Å². The summed E-state index contributed by atoms with van der Waals surface area (Å²) in [6.07, 6.45) is 0.917. The molecule has 4 nitrogen and oxygen atoms in total. The maximum absolute atomic E-state index is 12.1. The fourth-order valence-electron chi connectivity index (χ4n) is 2.74. The van der Waals surface area contributed by atoms with Gasteiger partial charge in [0.15, 0.2) is 0 Å². The standard InChI is InChI=1S/C15H19NO3/c1-3-10(2)16-13(17)9-12(15(18)19)14(16)11-7-5-4-6-8-11/h4-8,10,12,14H,3,9H2,1-2H3,(H,18,19)/t10-,12-,14+/m1/s1. The zero-order chi connectivity index (χ0) is 14.0. The van der Waals surface area contributed by atoms with Crippen molar-refractivity contribution in [2.45, 2.75) is 38.8 Å². The highest BCUT2D eigenvalue weighted by molar-refractivity contribution is 5.87. The van der Waals surface area contributed by atoms with Crippen LogP contribution in [0.25, 0.3) is 0 Å². The van der Waals surface area contributed by atoms with Gasteiger partial charge in [0, 0.05) is 12.5 Å². The summed E-state index contributed by atoms with van der Waals surface area (Å²) < 4.78 is 0. The molecule has 1 fully saturated rings. The first-order chi connectivity index (χ1) is 9.06. The summed E-state index contributed by atoms with van der Waals surface area (Å²) in [6, 6.07) is 9.16. The number of likely N-dealkylation sites (tertiary alicyclic amines) is 1. The molecule has 1 aliphatic heterocycles. The summed E-state index contributed by atoms with van der Waals surface area (Å²) >= 11 is 0. The van der Waals surface area contributed by atoms with Crippen molar-refractivity contribution in [1.29, 1.82) is 0 Å². The van der Waals surface area contributed by atoms with Gasteiger partial charge < -0.3 is 10.0 Å². The van der Waals surface area contributed by atoms with E-state index in [0.717, 1.165) is 12.0 Å². The molecule has 1 N–H and O–H groups in total. The molecule has 1 amide bonds. The number of rotatable bonds is 4. The van der Waals surface area contributed by atoms with Crippen molar-refractivity contribution >= 4 is 11.9 Å². The molecule has 0 saturated carbocycles. The van der Waals surface area contributed by atoms with Gasteiger partial charge in [-0.25, -0.2) is 0 Å². The van der Waals surface area contributed by atoms with Gasteiger partial charge in [-0.2, -0.15) is 0 Å². The third kappa shape index (κ3) is 2.48. The fourth-order valence-corrected chi connectivity index (χ4v) is 2.74. The second-order valence-electron chi connectivity index (χ2n) is 5.06. The minimum atomic E-state index is -0.895. The SMILES string of the molecule is CC[C@@H](C)N1C(=O)C[C@@H](C(=O)O)[C@@H]1c1ccccc1. The van der Waals surface area contributed by atoms with Crippen molar-refractivity contribution < 1.29 is 14.7 Å². The summed E-state index contributed by atoms with van der Waals surface area (Å²) in [4.78, 5) is 25.3. The minimum absolute atomic E-state index is 0.0575. The van der Waals surface area contributed by atoms with Crippen LogP contribution in [0.3, 0.4) is 0 Å². The highest BCUT2D eigenvalue weighted by Crippen LogP contribution is 2.40. The highest BCUT2D eigenvalue weighted by atomic mass is 16.4. The Labute approximate surface area is 113 Å². The van der Waals surface area contributed by atoms with Crippen molar-refractivity contribution in [2.24, 2.45) is 5.92 Å². The van der Waals surface area contributed by atoms with E-state index in [-0.39, 0.29) is 24.4 Å². The Kier molecular flexibility index (Phi) is 3.88. The Balaban J connectivity index is 2.42. The first-order valence-corrected chi connectivity index (χ1v) is 6.65. The van der Waals surface area contributed by atoms with Crippen LogP contribution in [0.5, 0.6) is 0 Å². The number of hydrogen-bond acceptors (Lipinski definition) is 2. The number of carboxylic acid groups (broad SMARTS) is 1. The van der Waals surface area contributed by atoms with Gasteiger partial charge in [0.2, 0.25) is 5.91 Å². The normalized spacial score (nSPS) is 24.5. The predicted molar refractivity (Wildman–Crippen MR) is 71.5 cm³/mol. The molecule has 0 radical (unpaired) electrons. The van der Waals surface area contributed by atoms with Gasteiger partial charge in [-0.05, 0) is 18.9 Å². The van der Waals surface area contributed by atoms with Crippen molar-refractivity contribution in [3.8, 4) is 0 Å². The van der Waals surface area contributed by atoms with Crippen molar-refractivity contribution in [2.75, 3.05) is 0 Å². The summed E-state index contributed by atoms with van der Waals surface area (Å²) in [6.45, 7) is 3.98. The van der Waals surface area contributed by atoms with E-state index in [1.807, 2.05) is 44.2 Å². The van der Waals surface area contributed by atoms with Crippen LogP contribution in [0.2, 0.25) is 0 Å². The van der Waals surface area contributed by atoms with E-state index in [9.17, 15) is 14.7 Å². The van der Waals surface area contributed by atoms with Crippen LogP contribution in [0.15, 0.2) is 30.3 Å². The number of carbonyl (C=O) groups excluding carboxylic acids is 1. The van der Waals surface area contributed by atoms with Crippen LogP contribution in [0, 0.1) is 5.92 Å². The monoisotopic (exact) mass is 261 g/mol. The van der Waals surface area contributed by atoms with E-state index < -0.39 is 11.9 Å². The number of nitrogens with zero attached hydrogens (tertiary/aromatic N) is 1. The number of carboxylic acids is 1. The average molecular weight is 261 g/mol. The molecule has 1 saturated heterocycles. The van der Waals surface area contributed by atoms with E-state index in [1.54, 1.807) is 4.90 Å². The summed E-state index contributed by atoms with van der Waals surface area (Å²) in [5.74, 6) is -1.60. The number of amides is 1. The van der Waals surface area contributed by atoms with Gasteiger partial charge in [0.05, 0.1) is 12.0 Å². The molecule has 3 atom stereocenters. The lowest BCUT2D eigenvalue weighted by molar-refractivity contribution is -0.142. The van der Waals surface area contributed by atoms with Crippen LogP contribution >= 0.6 is 0 Å². The quantitative estimate of drug-likeness (QED) is 0.905. The lowest BCUT2D eigenvalue weighted by atomic mass is 9.93. The molecular formula is C15H19NO3. The zero-order valence-corrected chi connectivity index (χ0v) is 11.2. The van der Waals surface area contributed by atoms with E-state index in [0.29, 0.717) is 0 Å². The molecule has 1 heterocycles. The lowest BCUT2D eigenvalue weighted by Crippen LogP contribution is -2.37. The number of hydrogen-bond donors (Lipinski definition) is 1. The molecule has 0 bridgehead atoms. The third-order valence-electron chi connectivity index (χ3n) is 3.89. The van der Waals surface area contributed by atoms with Crippen LogP contribution in [0.4, 0.5) is 0 Å². The predicted octanol–water partition coefficient (Wildman–Crippen LogP) is 2.46. The maximum atomic E-state index is 12.1. The molecule has 19 heavy (non-hydrogen) atoms. The van der Waals surface area contributed by atoms with E-state index in [1.165, 1.54) is 0 Å². The van der Waals surface area contributed by atoms with Gasteiger partial charge in [-0.1, -0.05) is 37.3 Å². The van der Waals surface area contributed by atoms with Gasteiger partial charge in [-0.3, -0.25) is 9.59 Å². The van der Waals surface area contributed by atoms with Crippen molar-refractivity contribution in [3.05, 3.63) is 35.9 Å². The second-order valence-corrected chi connectivity index (χ2v) is 5.06. The molecular weight excluding hydrogens is 242 g/mol. The molecule has 0 aliphatic carbocycles. The molecule has 0 aromatic heterocycles. The fraction of sp³-hybridized carbons (Fsp3) is 0.467. The molecule has 0 unspecified atom stereocenters. The molecule has 1 aliphatic rings. The minimum Gasteiger partial charge on any atom is -0.481 e. The Morgan fingerprint density at radius 1 is 1.42 bits per heavy atom. The molecule has 1 aromatic carbocycles. The first-order valence-electron chi connectivity index (χ1n) is 6.65. The summed E-state index contributed by atoms with van der Waals surface area (Å²) in [7, 11) is 0. The largest absolute Gasteiger partial charge is 0.481 e.